The molecule has 2 saturated heterocycles. The van der Waals surface area contributed by atoms with Crippen molar-refractivity contribution in [1.82, 2.24) is 10.2 Å². The number of thioether (sulfide) groups is 1. The minimum atomic E-state index is -0.751. The van der Waals surface area contributed by atoms with Gasteiger partial charge >= 0.3 is 0 Å². The van der Waals surface area contributed by atoms with Crippen molar-refractivity contribution in [2.45, 2.75) is 10.9 Å². The summed E-state index contributed by atoms with van der Waals surface area (Å²) in [4.78, 5) is 13.3. The van der Waals surface area contributed by atoms with Crippen LogP contribution >= 0.6 is 11.8 Å². The molecule has 0 aromatic rings. The van der Waals surface area contributed by atoms with Crippen molar-refractivity contribution in [3.8, 4) is 0 Å². The van der Waals surface area contributed by atoms with Crippen LogP contribution in [0.2, 0.25) is 0 Å². The summed E-state index contributed by atoms with van der Waals surface area (Å²) >= 11 is 1.86. The third kappa shape index (κ3) is 1.63. The third-order valence-electron chi connectivity index (χ3n) is 2.65. The molecule has 0 aliphatic carbocycles. The molecule has 1 amide bonds. The Balaban J connectivity index is 1.84. The zero-order chi connectivity index (χ0) is 10.2. The largest absolute Gasteiger partial charge is 0.394 e. The van der Waals surface area contributed by atoms with Crippen LogP contribution in [-0.2, 0) is 4.79 Å². The fourth-order valence-corrected chi connectivity index (χ4v) is 3.11. The molecular formula is C8H15N3O2S. The van der Waals surface area contributed by atoms with Gasteiger partial charge < -0.3 is 15.7 Å². The van der Waals surface area contributed by atoms with Crippen molar-refractivity contribution >= 4 is 17.7 Å². The molecule has 2 aliphatic heterocycles. The molecule has 0 radical (unpaired) electrons. The Hall–Kier alpha value is -0.300. The number of nitrogens with one attached hydrogen (secondary N) is 1. The van der Waals surface area contributed by atoms with Gasteiger partial charge in [-0.05, 0) is 0 Å². The zero-order valence-electron chi connectivity index (χ0n) is 7.90. The molecule has 2 heterocycles. The van der Waals surface area contributed by atoms with Gasteiger partial charge in [0.1, 0.15) is 10.9 Å². The molecule has 0 aromatic carbocycles. The number of rotatable bonds is 2. The molecule has 5 nitrogen and oxygen atoms in total. The smallest absolute Gasteiger partial charge is 0.242 e. The Labute approximate surface area is 87.0 Å². The molecule has 2 fully saturated rings. The number of nitrogens with two attached hydrogens (primary N) is 1. The number of carbonyl (C=O) groups excluding carboxylic acids is 1. The maximum atomic E-state index is 11.5. The van der Waals surface area contributed by atoms with Gasteiger partial charge in [0.2, 0.25) is 5.91 Å². The highest BCUT2D eigenvalue weighted by atomic mass is 32.2. The number of likely N-dealkylation sites (tertiary alicyclic amines) is 1. The average Bonchev–Trinajstić information content (AvgIpc) is 2.61. The number of hydrogen-bond donors (Lipinski definition) is 3. The summed E-state index contributed by atoms with van der Waals surface area (Å²) in [6, 6.07) is -0.751. The van der Waals surface area contributed by atoms with Gasteiger partial charge in [0.05, 0.1) is 19.7 Å². The topological polar surface area (TPSA) is 78.6 Å². The summed E-state index contributed by atoms with van der Waals surface area (Å²) in [5, 5.41) is 12.1. The van der Waals surface area contributed by atoms with E-state index in [1.165, 1.54) is 0 Å². The van der Waals surface area contributed by atoms with E-state index in [0.717, 1.165) is 12.3 Å². The van der Waals surface area contributed by atoms with Crippen LogP contribution in [0.4, 0.5) is 0 Å². The number of aliphatic hydroxyl groups excluding tert-OH is 1. The Bertz CT molecular complexity index is 235. The van der Waals surface area contributed by atoms with Crippen LogP contribution in [0.5, 0.6) is 0 Å². The Kier molecular flexibility index (Phi) is 2.70. The first-order chi connectivity index (χ1) is 6.67. The van der Waals surface area contributed by atoms with E-state index in [2.05, 4.69) is 5.32 Å². The van der Waals surface area contributed by atoms with E-state index in [-0.39, 0.29) is 17.4 Å². The summed E-state index contributed by atoms with van der Waals surface area (Å²) < 4.78 is 0. The van der Waals surface area contributed by atoms with Crippen LogP contribution in [0, 0.1) is 0 Å². The van der Waals surface area contributed by atoms with Gasteiger partial charge in [-0.2, -0.15) is 0 Å². The highest BCUT2D eigenvalue weighted by Crippen LogP contribution is 2.36. The molecule has 0 saturated carbocycles. The Morgan fingerprint density at radius 3 is 2.93 bits per heavy atom. The maximum Gasteiger partial charge on any atom is 0.242 e. The Morgan fingerprint density at radius 2 is 2.43 bits per heavy atom. The van der Waals surface area contributed by atoms with Crippen molar-refractivity contribution < 1.29 is 9.90 Å². The fraction of sp³-hybridized carbons (Fsp3) is 0.875. The quantitative estimate of drug-likeness (QED) is 0.508. The lowest BCUT2D eigenvalue weighted by Gasteiger charge is -2.47. The van der Waals surface area contributed by atoms with E-state index in [1.54, 1.807) is 4.90 Å². The van der Waals surface area contributed by atoms with Crippen molar-refractivity contribution in [2.24, 2.45) is 5.73 Å². The minimum Gasteiger partial charge on any atom is -0.394 e. The lowest BCUT2D eigenvalue weighted by atomic mass is 10.1. The molecule has 80 valence electrons. The monoisotopic (exact) mass is 217 g/mol. The third-order valence-corrected chi connectivity index (χ3v) is 4.01. The molecule has 4 N–H and O–H groups in total. The van der Waals surface area contributed by atoms with Gasteiger partial charge in [-0.15, -0.1) is 11.8 Å². The minimum absolute atomic E-state index is 0.0881. The van der Waals surface area contributed by atoms with Crippen molar-refractivity contribution in [2.75, 3.05) is 32.0 Å². The maximum absolute atomic E-state index is 11.5. The molecule has 6 heteroatoms. The number of amides is 1. The van der Waals surface area contributed by atoms with Gasteiger partial charge in [0.25, 0.3) is 0 Å². The Morgan fingerprint density at radius 1 is 1.71 bits per heavy atom. The molecule has 1 atom stereocenters. The van der Waals surface area contributed by atoms with Gasteiger partial charge in [-0.3, -0.25) is 10.1 Å². The van der Waals surface area contributed by atoms with E-state index in [0.29, 0.717) is 13.1 Å². The van der Waals surface area contributed by atoms with Crippen LogP contribution in [0.25, 0.3) is 0 Å². The lowest BCUT2D eigenvalue weighted by Crippen LogP contribution is -2.68. The van der Waals surface area contributed by atoms with E-state index >= 15 is 0 Å². The highest BCUT2D eigenvalue weighted by Gasteiger charge is 2.48. The van der Waals surface area contributed by atoms with E-state index < -0.39 is 6.04 Å². The van der Waals surface area contributed by atoms with Gasteiger partial charge in [0.15, 0.2) is 0 Å². The van der Waals surface area contributed by atoms with Crippen LogP contribution in [0.3, 0.4) is 0 Å². The van der Waals surface area contributed by atoms with Crippen molar-refractivity contribution in [3.63, 3.8) is 0 Å². The molecule has 1 spiro atoms. The average molecular weight is 217 g/mol. The number of aliphatic hydroxyl groups is 1. The van der Waals surface area contributed by atoms with E-state index in [1.807, 2.05) is 11.8 Å². The molecule has 0 bridgehead atoms. The molecule has 0 aromatic heterocycles. The van der Waals surface area contributed by atoms with Crippen LogP contribution < -0.4 is 11.1 Å². The summed E-state index contributed by atoms with van der Waals surface area (Å²) in [5.41, 5.74) is 5.45. The van der Waals surface area contributed by atoms with Crippen LogP contribution in [0.1, 0.15) is 0 Å². The van der Waals surface area contributed by atoms with Crippen molar-refractivity contribution in [3.05, 3.63) is 0 Å². The molecular weight excluding hydrogens is 202 g/mol. The second-order valence-electron chi connectivity index (χ2n) is 3.75. The first-order valence-corrected chi connectivity index (χ1v) is 5.70. The second-order valence-corrected chi connectivity index (χ2v) is 5.23. The molecule has 2 rings (SSSR count). The number of hydrogen-bond acceptors (Lipinski definition) is 5. The zero-order valence-corrected chi connectivity index (χ0v) is 8.72. The highest BCUT2D eigenvalue weighted by molar-refractivity contribution is 8.01. The number of nitrogens with zero attached hydrogens (tertiary/aromatic N) is 1. The first kappa shape index (κ1) is 10.2. The summed E-state index contributed by atoms with van der Waals surface area (Å²) in [5.74, 6) is 0.959. The van der Waals surface area contributed by atoms with Crippen LogP contribution in [0.15, 0.2) is 0 Å². The summed E-state index contributed by atoms with van der Waals surface area (Å²) in [7, 11) is 0. The molecule has 14 heavy (non-hydrogen) atoms. The van der Waals surface area contributed by atoms with E-state index in [9.17, 15) is 4.79 Å². The number of carbonyl (C=O) groups is 1. The first-order valence-electron chi connectivity index (χ1n) is 4.71. The second kappa shape index (κ2) is 3.69. The SMILES string of the molecule is N[C@@H](CO)C(=O)N1CC2(C1)NCCS2. The molecule has 0 unspecified atom stereocenters. The standard InChI is InChI=1S/C8H15N3O2S/c9-6(3-12)7(13)11-4-8(5-11)10-1-2-14-8/h6,10,12H,1-5,9H2/t6-/m0/s1. The summed E-state index contributed by atoms with van der Waals surface area (Å²) in [6.45, 7) is 2.16. The summed E-state index contributed by atoms with van der Waals surface area (Å²) in [6.07, 6.45) is 0. The van der Waals surface area contributed by atoms with Gasteiger partial charge in [-0.1, -0.05) is 0 Å². The van der Waals surface area contributed by atoms with E-state index in [4.69, 9.17) is 10.8 Å². The fourth-order valence-electron chi connectivity index (χ4n) is 1.82. The lowest BCUT2D eigenvalue weighted by molar-refractivity contribution is -0.139. The normalized spacial score (nSPS) is 26.3. The predicted octanol–water partition coefficient (Wildman–Crippen LogP) is -1.82. The van der Waals surface area contributed by atoms with Crippen LogP contribution in [-0.4, -0.2) is 58.8 Å². The van der Waals surface area contributed by atoms with Gasteiger partial charge in [-0.25, -0.2) is 0 Å². The van der Waals surface area contributed by atoms with Gasteiger partial charge in [0, 0.05) is 12.3 Å². The van der Waals surface area contributed by atoms with Crippen molar-refractivity contribution in [1.29, 1.82) is 0 Å². The predicted molar refractivity (Wildman–Crippen MR) is 54.8 cm³/mol. The molecule has 2 aliphatic rings.